The third kappa shape index (κ3) is 3.14. The summed E-state index contributed by atoms with van der Waals surface area (Å²) in [5.74, 6) is -1.57. The van der Waals surface area contributed by atoms with Crippen molar-refractivity contribution >= 4 is 22.8 Å². The number of rotatable bonds is 5. The molecule has 0 aliphatic rings. The van der Waals surface area contributed by atoms with Crippen LogP contribution >= 0.6 is 0 Å². The minimum atomic E-state index is -1.05. The maximum atomic E-state index is 11.0. The Hall–Kier alpha value is -2.28. The Balaban J connectivity index is 2.14. The van der Waals surface area contributed by atoms with Crippen molar-refractivity contribution in [3.05, 3.63) is 28.7 Å². The smallest absolute Gasteiger partial charge is 0.417 e. The molecule has 0 radical (unpaired) electrons. The lowest BCUT2D eigenvalue weighted by Gasteiger charge is -2.21. The van der Waals surface area contributed by atoms with Gasteiger partial charge in [-0.05, 0) is 18.2 Å². The van der Waals surface area contributed by atoms with Gasteiger partial charge in [-0.3, -0.25) is 9.78 Å². The highest BCUT2D eigenvalue weighted by atomic mass is 16.4. The van der Waals surface area contributed by atoms with E-state index in [1.54, 1.807) is 30.1 Å². The zero-order valence-corrected chi connectivity index (χ0v) is 10.3. The summed E-state index contributed by atoms with van der Waals surface area (Å²) in [5, 5.41) is 18.2. The molecule has 1 aromatic carbocycles. The molecule has 0 fully saturated rings. The normalized spacial score (nSPS) is 12.5. The van der Waals surface area contributed by atoms with E-state index in [2.05, 4.69) is 4.98 Å². The van der Waals surface area contributed by atoms with Crippen LogP contribution in [-0.4, -0.2) is 40.9 Å². The van der Waals surface area contributed by atoms with E-state index in [1.807, 2.05) is 0 Å². The molecule has 102 valence electrons. The van der Waals surface area contributed by atoms with E-state index in [1.165, 1.54) is 0 Å². The fourth-order valence-electron chi connectivity index (χ4n) is 1.87. The fraction of sp³-hybridized carbons (Fsp3) is 0.333. The van der Waals surface area contributed by atoms with Crippen molar-refractivity contribution in [3.63, 3.8) is 0 Å². The number of nitrogens with zero attached hydrogens (tertiary/aromatic N) is 1. The lowest BCUT2D eigenvalue weighted by molar-refractivity contribution is -0.139. The molecule has 2 rings (SSSR count). The average molecular weight is 266 g/mol. The van der Waals surface area contributed by atoms with Gasteiger partial charge in [-0.15, -0.1) is 0 Å². The summed E-state index contributed by atoms with van der Waals surface area (Å²) in [6, 6.07) is 5.07. The summed E-state index contributed by atoms with van der Waals surface area (Å²) in [7, 11) is 1.73. The Kier molecular flexibility index (Phi) is 3.57. The number of carboxylic acid groups (broad SMARTS) is 1. The van der Waals surface area contributed by atoms with Crippen molar-refractivity contribution in [1.82, 2.24) is 4.98 Å². The molecule has 7 heteroatoms. The third-order valence-corrected chi connectivity index (χ3v) is 2.74. The van der Waals surface area contributed by atoms with Gasteiger partial charge in [0.15, 0.2) is 5.58 Å². The third-order valence-electron chi connectivity index (χ3n) is 2.74. The topological polar surface area (TPSA) is 107 Å². The number of carboxylic acids is 1. The Morgan fingerprint density at radius 2 is 2.26 bits per heavy atom. The first-order valence-electron chi connectivity index (χ1n) is 5.69. The van der Waals surface area contributed by atoms with Gasteiger partial charge < -0.3 is 19.5 Å². The van der Waals surface area contributed by atoms with Crippen LogP contribution in [0.2, 0.25) is 0 Å². The van der Waals surface area contributed by atoms with Crippen LogP contribution in [0.5, 0.6) is 0 Å². The van der Waals surface area contributed by atoms with Crippen LogP contribution < -0.4 is 10.7 Å². The second kappa shape index (κ2) is 5.15. The number of aliphatic hydroxyl groups excluding tert-OH is 1. The Labute approximate surface area is 108 Å². The molecule has 0 amide bonds. The van der Waals surface area contributed by atoms with E-state index < -0.39 is 17.8 Å². The number of oxazole rings is 1. The van der Waals surface area contributed by atoms with E-state index in [-0.39, 0.29) is 13.0 Å². The number of fused-ring (bicyclic) bond motifs is 1. The minimum absolute atomic E-state index is 0.180. The lowest BCUT2D eigenvalue weighted by atomic mass is 10.2. The van der Waals surface area contributed by atoms with Crippen LogP contribution in [0.15, 0.2) is 27.4 Å². The van der Waals surface area contributed by atoms with Gasteiger partial charge in [0.2, 0.25) is 0 Å². The zero-order chi connectivity index (χ0) is 14.0. The number of carbonyl (C=O) groups is 1. The van der Waals surface area contributed by atoms with Crippen LogP contribution in [0.3, 0.4) is 0 Å². The number of hydrogen-bond acceptors (Lipinski definition) is 5. The number of nitrogens with one attached hydrogen (secondary N) is 1. The first kappa shape index (κ1) is 13.2. The lowest BCUT2D eigenvalue weighted by Crippen LogP contribution is -2.30. The van der Waals surface area contributed by atoms with Gasteiger partial charge in [-0.1, -0.05) is 0 Å². The zero-order valence-electron chi connectivity index (χ0n) is 10.3. The summed E-state index contributed by atoms with van der Waals surface area (Å²) >= 11 is 0. The van der Waals surface area contributed by atoms with Crippen molar-refractivity contribution in [2.75, 3.05) is 18.5 Å². The highest BCUT2D eigenvalue weighted by Gasteiger charge is 2.13. The molecule has 0 aliphatic heterocycles. The summed E-state index contributed by atoms with van der Waals surface area (Å²) in [6.45, 7) is 0.180. The molecule has 0 spiro atoms. The average Bonchev–Trinajstić information content (AvgIpc) is 2.66. The van der Waals surface area contributed by atoms with E-state index in [4.69, 9.17) is 9.52 Å². The second-order valence-electron chi connectivity index (χ2n) is 4.33. The standard InChI is InChI=1S/C12H14N2O5/c1-14(6-8(15)5-11(16)17)7-2-3-10-9(4-7)13-12(18)19-10/h2-4,8,15H,5-6H2,1H3,(H,13,18)(H,16,17). The van der Waals surface area contributed by atoms with E-state index in [9.17, 15) is 14.7 Å². The highest BCUT2D eigenvalue weighted by Crippen LogP contribution is 2.19. The molecule has 2 aromatic rings. The molecular formula is C12H14N2O5. The first-order chi connectivity index (χ1) is 8.95. The molecule has 1 aromatic heterocycles. The number of benzene rings is 1. The number of aliphatic hydroxyl groups is 1. The molecule has 0 aliphatic carbocycles. The Morgan fingerprint density at radius 1 is 1.53 bits per heavy atom. The number of aromatic amines is 1. The van der Waals surface area contributed by atoms with Crippen LogP contribution in [0.4, 0.5) is 5.69 Å². The van der Waals surface area contributed by atoms with Gasteiger partial charge in [0.05, 0.1) is 18.0 Å². The predicted molar refractivity (Wildman–Crippen MR) is 68.4 cm³/mol. The number of aromatic nitrogens is 1. The van der Waals surface area contributed by atoms with E-state index in [0.717, 1.165) is 5.69 Å². The SMILES string of the molecule is CN(CC(O)CC(=O)O)c1ccc2oc(=O)[nH]c2c1. The van der Waals surface area contributed by atoms with Gasteiger partial charge >= 0.3 is 11.7 Å². The number of hydrogen-bond donors (Lipinski definition) is 3. The molecule has 1 heterocycles. The quantitative estimate of drug-likeness (QED) is 0.722. The summed E-state index contributed by atoms with van der Waals surface area (Å²) in [4.78, 5) is 25.7. The molecule has 1 unspecified atom stereocenters. The molecule has 19 heavy (non-hydrogen) atoms. The summed E-state index contributed by atoms with van der Waals surface area (Å²) < 4.78 is 4.88. The van der Waals surface area contributed by atoms with Crippen molar-refractivity contribution in [3.8, 4) is 0 Å². The van der Waals surface area contributed by atoms with E-state index >= 15 is 0 Å². The molecule has 7 nitrogen and oxygen atoms in total. The Morgan fingerprint density at radius 3 is 2.95 bits per heavy atom. The van der Waals surface area contributed by atoms with Gasteiger partial charge in [0, 0.05) is 19.3 Å². The van der Waals surface area contributed by atoms with Crippen molar-refractivity contribution in [1.29, 1.82) is 0 Å². The monoisotopic (exact) mass is 266 g/mol. The molecule has 0 saturated carbocycles. The van der Waals surface area contributed by atoms with Crippen LogP contribution in [0.25, 0.3) is 11.1 Å². The van der Waals surface area contributed by atoms with Gasteiger partial charge in [0.25, 0.3) is 0 Å². The van der Waals surface area contributed by atoms with Gasteiger partial charge in [0.1, 0.15) is 0 Å². The molecule has 3 N–H and O–H groups in total. The summed E-state index contributed by atoms with van der Waals surface area (Å²) in [6.07, 6.45) is -1.27. The maximum absolute atomic E-state index is 11.0. The molecular weight excluding hydrogens is 252 g/mol. The number of H-pyrrole nitrogens is 1. The predicted octanol–water partition coefficient (Wildman–Crippen LogP) is 0.393. The van der Waals surface area contributed by atoms with Crippen molar-refractivity contribution in [2.24, 2.45) is 0 Å². The summed E-state index contributed by atoms with van der Waals surface area (Å²) in [5.41, 5.74) is 1.75. The first-order valence-corrected chi connectivity index (χ1v) is 5.69. The number of anilines is 1. The number of likely N-dealkylation sites (N-methyl/N-ethyl adjacent to an activating group) is 1. The van der Waals surface area contributed by atoms with Gasteiger partial charge in [-0.25, -0.2) is 4.79 Å². The maximum Gasteiger partial charge on any atom is 0.417 e. The van der Waals surface area contributed by atoms with Crippen molar-refractivity contribution < 1.29 is 19.4 Å². The highest BCUT2D eigenvalue weighted by molar-refractivity contribution is 5.77. The molecule has 0 saturated heterocycles. The molecule has 0 bridgehead atoms. The van der Waals surface area contributed by atoms with E-state index in [0.29, 0.717) is 11.1 Å². The molecule has 1 atom stereocenters. The minimum Gasteiger partial charge on any atom is -0.481 e. The van der Waals surface area contributed by atoms with Gasteiger partial charge in [-0.2, -0.15) is 0 Å². The van der Waals surface area contributed by atoms with Crippen LogP contribution in [0, 0.1) is 0 Å². The largest absolute Gasteiger partial charge is 0.481 e. The van der Waals surface area contributed by atoms with Crippen molar-refractivity contribution in [2.45, 2.75) is 12.5 Å². The van der Waals surface area contributed by atoms with Crippen LogP contribution in [0.1, 0.15) is 6.42 Å². The Bertz CT molecular complexity index is 645. The fourth-order valence-corrected chi connectivity index (χ4v) is 1.87. The van der Waals surface area contributed by atoms with Crippen LogP contribution in [-0.2, 0) is 4.79 Å². The second-order valence-corrected chi connectivity index (χ2v) is 4.33. The number of aliphatic carboxylic acids is 1.